The maximum atomic E-state index is 12.6. The van der Waals surface area contributed by atoms with Gasteiger partial charge in [0, 0.05) is 19.6 Å². The van der Waals surface area contributed by atoms with Gasteiger partial charge in [0.15, 0.2) is 0 Å². The third kappa shape index (κ3) is 3.36. The zero-order valence-electron chi connectivity index (χ0n) is 16.7. The van der Waals surface area contributed by atoms with Crippen LogP contribution in [0.3, 0.4) is 0 Å². The van der Waals surface area contributed by atoms with Gasteiger partial charge in [-0.1, -0.05) is 60.2 Å². The van der Waals surface area contributed by atoms with Crippen molar-refractivity contribution in [1.29, 1.82) is 0 Å². The maximum Gasteiger partial charge on any atom is 0.316 e. The summed E-state index contributed by atoms with van der Waals surface area (Å²) in [7, 11) is 1.48. The summed E-state index contributed by atoms with van der Waals surface area (Å²) in [5.74, 6) is 0.143. The Labute approximate surface area is 167 Å². The summed E-state index contributed by atoms with van der Waals surface area (Å²) in [5, 5.41) is 11.0. The molecule has 1 saturated carbocycles. The number of aryl methyl sites for hydroxylation is 1. The van der Waals surface area contributed by atoms with Crippen molar-refractivity contribution in [1.82, 2.24) is 4.90 Å². The second-order valence-electron chi connectivity index (χ2n) is 8.43. The van der Waals surface area contributed by atoms with Gasteiger partial charge < -0.3 is 14.7 Å². The Bertz CT molecular complexity index is 825. The highest BCUT2D eigenvalue weighted by molar-refractivity contribution is 5.87. The van der Waals surface area contributed by atoms with Gasteiger partial charge in [-0.25, -0.2) is 0 Å². The molecule has 0 amide bonds. The minimum Gasteiger partial charge on any atom is -0.468 e. The number of hydrogen-bond donors (Lipinski definition) is 1. The van der Waals surface area contributed by atoms with Crippen molar-refractivity contribution >= 4 is 5.97 Å². The number of esters is 1. The second-order valence-corrected chi connectivity index (χ2v) is 8.43. The molecule has 4 heteroatoms. The van der Waals surface area contributed by atoms with E-state index in [1.165, 1.54) is 12.7 Å². The molecule has 0 unspecified atom stereocenters. The zero-order chi connectivity index (χ0) is 19.8. The number of benzene rings is 2. The molecule has 2 aromatic carbocycles. The summed E-state index contributed by atoms with van der Waals surface area (Å²) in [5.41, 5.74) is 2.02. The fourth-order valence-corrected chi connectivity index (χ4v) is 4.76. The van der Waals surface area contributed by atoms with E-state index >= 15 is 0 Å². The fourth-order valence-electron chi connectivity index (χ4n) is 4.76. The lowest BCUT2D eigenvalue weighted by atomic mass is 9.84. The van der Waals surface area contributed by atoms with Crippen molar-refractivity contribution < 1.29 is 14.6 Å². The Kier molecular flexibility index (Phi) is 5.02. The van der Waals surface area contributed by atoms with Crippen LogP contribution in [0.1, 0.15) is 36.0 Å². The molecule has 28 heavy (non-hydrogen) atoms. The smallest absolute Gasteiger partial charge is 0.316 e. The number of hydrogen-bond acceptors (Lipinski definition) is 4. The van der Waals surface area contributed by atoms with Crippen LogP contribution in [0.2, 0.25) is 0 Å². The van der Waals surface area contributed by atoms with Gasteiger partial charge in [0.25, 0.3) is 0 Å². The largest absolute Gasteiger partial charge is 0.468 e. The van der Waals surface area contributed by atoms with E-state index in [4.69, 9.17) is 4.74 Å². The van der Waals surface area contributed by atoms with E-state index in [1.54, 1.807) is 0 Å². The van der Waals surface area contributed by atoms with E-state index in [0.717, 1.165) is 50.0 Å². The van der Waals surface area contributed by atoms with Crippen molar-refractivity contribution in [2.24, 2.45) is 5.92 Å². The van der Waals surface area contributed by atoms with E-state index in [2.05, 4.69) is 36.1 Å². The summed E-state index contributed by atoms with van der Waals surface area (Å²) in [6.07, 6.45) is 2.28. The first kappa shape index (κ1) is 19.2. The van der Waals surface area contributed by atoms with Crippen LogP contribution in [0.4, 0.5) is 0 Å². The molecule has 2 fully saturated rings. The molecule has 1 aliphatic heterocycles. The van der Waals surface area contributed by atoms with E-state index in [1.807, 2.05) is 30.3 Å². The van der Waals surface area contributed by atoms with Crippen LogP contribution in [-0.4, -0.2) is 42.7 Å². The minimum absolute atomic E-state index is 0.126. The van der Waals surface area contributed by atoms with Gasteiger partial charge in [-0.15, -0.1) is 0 Å². The van der Waals surface area contributed by atoms with Crippen molar-refractivity contribution in [3.8, 4) is 0 Å². The Hall–Kier alpha value is -2.17. The Balaban J connectivity index is 1.43. The minimum atomic E-state index is -0.738. The number of aliphatic hydroxyl groups is 1. The molecule has 2 aromatic rings. The van der Waals surface area contributed by atoms with E-state index in [0.29, 0.717) is 0 Å². The summed E-state index contributed by atoms with van der Waals surface area (Å²) < 4.78 is 5.18. The SMILES string of the molecule is COC(=O)[C@]1(c2ccc(C)cc2)C[C@H]1CN1CCC(O)(c2ccccc2)CC1. The highest BCUT2D eigenvalue weighted by atomic mass is 16.5. The molecular weight excluding hydrogens is 350 g/mol. The molecule has 4 nitrogen and oxygen atoms in total. The first-order valence-electron chi connectivity index (χ1n) is 10.1. The number of piperidine rings is 1. The van der Waals surface area contributed by atoms with Crippen molar-refractivity contribution in [3.05, 3.63) is 71.3 Å². The average molecular weight is 380 g/mol. The van der Waals surface area contributed by atoms with Gasteiger partial charge >= 0.3 is 5.97 Å². The number of carbonyl (C=O) groups excluding carboxylic acids is 1. The Morgan fingerprint density at radius 2 is 1.71 bits per heavy atom. The van der Waals surface area contributed by atoms with Gasteiger partial charge in [0.2, 0.25) is 0 Å². The number of rotatable bonds is 5. The molecule has 0 radical (unpaired) electrons. The topological polar surface area (TPSA) is 49.8 Å². The number of methoxy groups -OCH3 is 1. The molecule has 2 aliphatic rings. The first-order valence-corrected chi connectivity index (χ1v) is 10.1. The van der Waals surface area contributed by atoms with E-state index in [-0.39, 0.29) is 11.9 Å². The molecular formula is C24H29NO3. The molecule has 1 heterocycles. The average Bonchev–Trinajstić information content (AvgIpc) is 3.45. The molecule has 1 aliphatic carbocycles. The summed E-state index contributed by atoms with van der Waals surface area (Å²) in [4.78, 5) is 15.0. The quantitative estimate of drug-likeness (QED) is 0.809. The van der Waals surface area contributed by atoms with Crippen LogP contribution in [0.15, 0.2) is 54.6 Å². The summed E-state index contributed by atoms with van der Waals surface area (Å²) in [6, 6.07) is 18.2. The Morgan fingerprint density at radius 1 is 1.07 bits per heavy atom. The highest BCUT2D eigenvalue weighted by Crippen LogP contribution is 2.55. The fraction of sp³-hybridized carbons (Fsp3) is 0.458. The van der Waals surface area contributed by atoms with Gasteiger partial charge in [-0.2, -0.15) is 0 Å². The standard InChI is InChI=1S/C24H29NO3/c1-18-8-10-20(11-9-18)24(22(26)28-2)16-21(24)17-25-14-12-23(27,13-15-25)19-6-4-3-5-7-19/h3-11,21,27H,12-17H2,1-2H3/t21-,24-/m0/s1. The third-order valence-electron chi connectivity index (χ3n) is 6.69. The van der Waals surface area contributed by atoms with Crippen molar-refractivity contribution in [3.63, 3.8) is 0 Å². The predicted octanol–water partition coefficient (Wildman–Crippen LogP) is 3.41. The van der Waals surface area contributed by atoms with E-state index in [9.17, 15) is 9.90 Å². The number of ether oxygens (including phenoxy) is 1. The predicted molar refractivity (Wildman–Crippen MR) is 109 cm³/mol. The molecule has 4 rings (SSSR count). The lowest BCUT2D eigenvalue weighted by Gasteiger charge is -2.39. The second kappa shape index (κ2) is 7.34. The molecule has 148 valence electrons. The highest BCUT2D eigenvalue weighted by Gasteiger charge is 2.62. The van der Waals surface area contributed by atoms with Crippen LogP contribution < -0.4 is 0 Å². The third-order valence-corrected chi connectivity index (χ3v) is 6.69. The summed E-state index contributed by atoms with van der Waals surface area (Å²) >= 11 is 0. The van der Waals surface area contributed by atoms with Crippen molar-refractivity contribution in [2.75, 3.05) is 26.7 Å². The molecule has 0 spiro atoms. The van der Waals surface area contributed by atoms with Gasteiger partial charge in [0.05, 0.1) is 18.1 Å². The van der Waals surface area contributed by atoms with Gasteiger partial charge in [0.1, 0.15) is 0 Å². The maximum absolute atomic E-state index is 12.6. The van der Waals surface area contributed by atoms with Crippen LogP contribution in [0.25, 0.3) is 0 Å². The molecule has 0 bridgehead atoms. The molecule has 1 N–H and O–H groups in total. The van der Waals surface area contributed by atoms with Gasteiger partial charge in [-0.3, -0.25) is 4.79 Å². The zero-order valence-corrected chi connectivity index (χ0v) is 16.7. The van der Waals surface area contributed by atoms with Crippen molar-refractivity contribution in [2.45, 2.75) is 37.2 Å². The van der Waals surface area contributed by atoms with Crippen LogP contribution in [-0.2, 0) is 20.5 Å². The monoisotopic (exact) mass is 379 g/mol. The van der Waals surface area contributed by atoms with Crippen LogP contribution >= 0.6 is 0 Å². The normalized spacial score (nSPS) is 26.6. The van der Waals surface area contributed by atoms with Crippen LogP contribution in [0.5, 0.6) is 0 Å². The lowest BCUT2D eigenvalue weighted by Crippen LogP contribution is -2.44. The molecule has 2 atom stereocenters. The number of nitrogens with zero attached hydrogens (tertiary/aromatic N) is 1. The van der Waals surface area contributed by atoms with Gasteiger partial charge in [-0.05, 0) is 43.2 Å². The molecule has 1 saturated heterocycles. The molecule has 0 aromatic heterocycles. The first-order chi connectivity index (χ1) is 13.5. The Morgan fingerprint density at radius 3 is 2.32 bits per heavy atom. The number of carbonyl (C=O) groups is 1. The van der Waals surface area contributed by atoms with E-state index < -0.39 is 11.0 Å². The number of likely N-dealkylation sites (tertiary alicyclic amines) is 1. The lowest BCUT2D eigenvalue weighted by molar-refractivity contribution is -0.144. The summed E-state index contributed by atoms with van der Waals surface area (Å²) in [6.45, 7) is 4.61. The van der Waals surface area contributed by atoms with Crippen LogP contribution in [0, 0.1) is 12.8 Å².